The molecule has 0 radical (unpaired) electrons. The van der Waals surface area contributed by atoms with Crippen molar-refractivity contribution in [3.05, 3.63) is 82.9 Å². The van der Waals surface area contributed by atoms with Gasteiger partial charge in [0.15, 0.2) is 0 Å². The number of urea groups is 1. The number of hydrogen-bond acceptors (Lipinski definition) is 4. The Kier molecular flexibility index (Phi) is 6.76. The number of para-hydroxylation sites is 1. The molecule has 8 nitrogen and oxygen atoms in total. The second-order valence-corrected chi connectivity index (χ2v) is 10.0. The number of carbonyl (C=O) groups excluding carboxylic acids is 2. The van der Waals surface area contributed by atoms with Gasteiger partial charge in [-0.15, -0.1) is 0 Å². The summed E-state index contributed by atoms with van der Waals surface area (Å²) in [6, 6.07) is 17.5. The fourth-order valence-electron chi connectivity index (χ4n) is 3.20. The van der Waals surface area contributed by atoms with Gasteiger partial charge in [-0.3, -0.25) is 9.52 Å². The second kappa shape index (κ2) is 9.74. The highest BCUT2D eigenvalue weighted by atomic mass is 35.5. The Balaban J connectivity index is 1.45. The molecule has 3 amide bonds. The first-order valence-electron chi connectivity index (χ1n) is 10.6. The third-order valence-electron chi connectivity index (χ3n) is 5.17. The van der Waals surface area contributed by atoms with E-state index in [1.165, 1.54) is 6.07 Å². The van der Waals surface area contributed by atoms with Gasteiger partial charge in [0.25, 0.3) is 15.9 Å². The Bertz CT molecular complexity index is 1340. The molecule has 0 bridgehead atoms. The molecule has 176 valence electrons. The van der Waals surface area contributed by atoms with Gasteiger partial charge in [-0.1, -0.05) is 29.8 Å². The van der Waals surface area contributed by atoms with E-state index < -0.39 is 15.9 Å². The van der Waals surface area contributed by atoms with Crippen molar-refractivity contribution in [1.82, 2.24) is 5.32 Å². The maximum absolute atomic E-state index is 13.0. The third-order valence-corrected chi connectivity index (χ3v) is 7.01. The summed E-state index contributed by atoms with van der Waals surface area (Å²) in [6.07, 6.45) is 1.98. The molecule has 1 aliphatic carbocycles. The number of rotatable bonds is 7. The fraction of sp³-hybridized carbons (Fsp3) is 0.167. The number of sulfonamides is 1. The number of nitrogens with one attached hydrogen (secondary N) is 4. The van der Waals surface area contributed by atoms with Crippen LogP contribution in [0, 0.1) is 6.92 Å². The van der Waals surface area contributed by atoms with Gasteiger partial charge in [-0.05, 0) is 73.9 Å². The van der Waals surface area contributed by atoms with Crippen LogP contribution in [0.4, 0.5) is 21.9 Å². The molecule has 0 saturated heterocycles. The third kappa shape index (κ3) is 5.86. The first-order chi connectivity index (χ1) is 16.2. The van der Waals surface area contributed by atoms with Crippen molar-refractivity contribution in [2.45, 2.75) is 30.7 Å². The van der Waals surface area contributed by atoms with Gasteiger partial charge in [-0.25, -0.2) is 13.2 Å². The van der Waals surface area contributed by atoms with E-state index >= 15 is 0 Å². The van der Waals surface area contributed by atoms with E-state index in [1.807, 2.05) is 0 Å². The Morgan fingerprint density at radius 2 is 1.59 bits per heavy atom. The Hall–Kier alpha value is -3.56. The van der Waals surface area contributed by atoms with Gasteiger partial charge < -0.3 is 16.0 Å². The summed E-state index contributed by atoms with van der Waals surface area (Å²) in [4.78, 5) is 24.5. The highest BCUT2D eigenvalue weighted by molar-refractivity contribution is 7.92. The van der Waals surface area contributed by atoms with Crippen molar-refractivity contribution >= 4 is 50.6 Å². The molecule has 4 rings (SSSR count). The molecule has 0 atom stereocenters. The van der Waals surface area contributed by atoms with Crippen molar-refractivity contribution in [3.63, 3.8) is 0 Å². The van der Waals surface area contributed by atoms with E-state index in [-0.39, 0.29) is 27.7 Å². The number of anilines is 3. The smallest absolute Gasteiger partial charge is 0.319 e. The fourth-order valence-corrected chi connectivity index (χ4v) is 4.79. The van der Waals surface area contributed by atoms with Crippen molar-refractivity contribution in [1.29, 1.82) is 0 Å². The van der Waals surface area contributed by atoms with Crippen LogP contribution in [0.5, 0.6) is 0 Å². The lowest BCUT2D eigenvalue weighted by Crippen LogP contribution is -2.30. The molecule has 34 heavy (non-hydrogen) atoms. The molecule has 3 aromatic carbocycles. The lowest BCUT2D eigenvalue weighted by atomic mass is 10.1. The maximum Gasteiger partial charge on any atom is 0.319 e. The monoisotopic (exact) mass is 498 g/mol. The molecule has 3 aromatic rings. The molecular formula is C24H23ClN4O4S. The molecule has 1 saturated carbocycles. The summed E-state index contributed by atoms with van der Waals surface area (Å²) >= 11 is 6.08. The minimum atomic E-state index is -3.94. The van der Waals surface area contributed by atoms with Crippen molar-refractivity contribution in [2.24, 2.45) is 0 Å². The van der Waals surface area contributed by atoms with E-state index in [0.717, 1.165) is 12.8 Å². The molecule has 0 unspecified atom stereocenters. The number of aryl methyl sites for hydroxylation is 1. The molecule has 0 heterocycles. The van der Waals surface area contributed by atoms with Gasteiger partial charge in [-0.2, -0.15) is 0 Å². The van der Waals surface area contributed by atoms with Crippen LogP contribution < -0.4 is 20.7 Å². The van der Waals surface area contributed by atoms with Gasteiger partial charge in [0, 0.05) is 23.0 Å². The summed E-state index contributed by atoms with van der Waals surface area (Å²) < 4.78 is 28.4. The van der Waals surface area contributed by atoms with Crippen molar-refractivity contribution < 1.29 is 18.0 Å². The highest BCUT2D eigenvalue weighted by Gasteiger charge is 2.23. The van der Waals surface area contributed by atoms with E-state index in [1.54, 1.807) is 67.6 Å². The minimum Gasteiger partial charge on any atom is -0.335 e. The predicted octanol–water partition coefficient (Wildman–Crippen LogP) is 4.99. The minimum absolute atomic E-state index is 0.0199. The van der Waals surface area contributed by atoms with Gasteiger partial charge in [0.05, 0.1) is 15.6 Å². The molecule has 1 fully saturated rings. The maximum atomic E-state index is 13.0. The lowest BCUT2D eigenvalue weighted by Gasteiger charge is -2.13. The summed E-state index contributed by atoms with van der Waals surface area (Å²) in [5, 5.41) is 8.53. The first kappa shape index (κ1) is 23.6. The van der Waals surface area contributed by atoms with Crippen LogP contribution in [0.25, 0.3) is 0 Å². The number of halogens is 1. The van der Waals surface area contributed by atoms with Crippen LogP contribution in [-0.4, -0.2) is 26.4 Å². The van der Waals surface area contributed by atoms with Crippen LogP contribution >= 0.6 is 11.6 Å². The first-order valence-corrected chi connectivity index (χ1v) is 12.4. The molecular weight excluding hydrogens is 476 g/mol. The normalized spacial score (nSPS) is 13.1. The Morgan fingerprint density at radius 3 is 2.26 bits per heavy atom. The lowest BCUT2D eigenvalue weighted by molar-refractivity contribution is 0.102. The molecule has 4 N–H and O–H groups in total. The van der Waals surface area contributed by atoms with Crippen LogP contribution in [0.2, 0.25) is 5.02 Å². The standard InChI is InChI=1S/C24H23ClN4O4S/c1-15-6-9-19(14-22(15)34(32,33)29-21-5-3-2-4-20(21)25)26-23(30)16-7-10-17(11-8-16)27-24(31)28-18-12-13-18/h2-11,14,18,29H,12-13H2,1H3,(H,26,30)(H2,27,28,31). The Morgan fingerprint density at radius 1 is 0.912 bits per heavy atom. The summed E-state index contributed by atoms with van der Waals surface area (Å²) in [5.74, 6) is -0.416. The molecule has 0 aliphatic heterocycles. The molecule has 10 heteroatoms. The topological polar surface area (TPSA) is 116 Å². The van der Waals surface area contributed by atoms with Crippen LogP contribution in [0.3, 0.4) is 0 Å². The number of hydrogen-bond donors (Lipinski definition) is 4. The average Bonchev–Trinajstić information content (AvgIpc) is 3.60. The average molecular weight is 499 g/mol. The van der Waals surface area contributed by atoms with Crippen LogP contribution in [0.15, 0.2) is 71.6 Å². The predicted molar refractivity (Wildman–Crippen MR) is 133 cm³/mol. The van der Waals surface area contributed by atoms with Crippen molar-refractivity contribution in [2.75, 3.05) is 15.4 Å². The SMILES string of the molecule is Cc1ccc(NC(=O)c2ccc(NC(=O)NC3CC3)cc2)cc1S(=O)(=O)Nc1ccccc1Cl. The zero-order valence-electron chi connectivity index (χ0n) is 18.3. The summed E-state index contributed by atoms with van der Waals surface area (Å²) in [6.45, 7) is 1.66. The van der Waals surface area contributed by atoms with Gasteiger partial charge in [0.1, 0.15) is 0 Å². The quantitative estimate of drug-likeness (QED) is 0.367. The number of amides is 3. The van der Waals surface area contributed by atoms with Gasteiger partial charge in [0.2, 0.25) is 0 Å². The molecule has 0 aromatic heterocycles. The zero-order chi connectivity index (χ0) is 24.3. The van der Waals surface area contributed by atoms with E-state index in [9.17, 15) is 18.0 Å². The zero-order valence-corrected chi connectivity index (χ0v) is 19.8. The van der Waals surface area contributed by atoms with E-state index in [4.69, 9.17) is 11.6 Å². The van der Waals surface area contributed by atoms with Gasteiger partial charge >= 0.3 is 6.03 Å². The summed E-state index contributed by atoms with van der Waals surface area (Å²) in [5.41, 5.74) is 2.01. The molecule has 0 spiro atoms. The highest BCUT2D eigenvalue weighted by Crippen LogP contribution is 2.27. The summed E-state index contributed by atoms with van der Waals surface area (Å²) in [7, 11) is -3.94. The number of benzene rings is 3. The van der Waals surface area contributed by atoms with E-state index in [2.05, 4.69) is 20.7 Å². The van der Waals surface area contributed by atoms with E-state index in [0.29, 0.717) is 22.5 Å². The molecule has 1 aliphatic rings. The van der Waals surface area contributed by atoms with Crippen molar-refractivity contribution in [3.8, 4) is 0 Å². The number of carbonyl (C=O) groups is 2. The van der Waals surface area contributed by atoms with Crippen LogP contribution in [0.1, 0.15) is 28.8 Å². The second-order valence-electron chi connectivity index (χ2n) is 7.97. The largest absolute Gasteiger partial charge is 0.335 e. The Labute approximate surface area is 202 Å². The van der Waals surface area contributed by atoms with Crippen LogP contribution in [-0.2, 0) is 10.0 Å².